The Morgan fingerprint density at radius 3 is 2.85 bits per heavy atom. The van der Waals surface area contributed by atoms with Gasteiger partial charge in [-0.2, -0.15) is 0 Å². The van der Waals surface area contributed by atoms with Crippen molar-refractivity contribution >= 4 is 27.5 Å². The van der Waals surface area contributed by atoms with E-state index in [9.17, 15) is 5.11 Å². The largest absolute Gasteiger partial charge is 0.388 e. The molecule has 1 atom stereocenters. The summed E-state index contributed by atoms with van der Waals surface area (Å²) in [5, 5.41) is 10.3. The van der Waals surface area contributed by atoms with Crippen molar-refractivity contribution < 1.29 is 5.11 Å². The van der Waals surface area contributed by atoms with Gasteiger partial charge in [-0.25, -0.2) is 0 Å². The number of rotatable bonds is 3. The average molecular weight is 265 g/mol. The van der Waals surface area contributed by atoms with Crippen LogP contribution in [0.5, 0.6) is 0 Å². The summed E-state index contributed by atoms with van der Waals surface area (Å²) < 4.78 is 0.859. The van der Waals surface area contributed by atoms with E-state index in [0.717, 1.165) is 10.0 Å². The Morgan fingerprint density at radius 1 is 1.54 bits per heavy atom. The van der Waals surface area contributed by atoms with Crippen molar-refractivity contribution in [1.82, 2.24) is 0 Å². The molecule has 1 aromatic carbocycles. The molecule has 1 aromatic rings. The zero-order valence-corrected chi connectivity index (χ0v) is 9.35. The van der Waals surface area contributed by atoms with Gasteiger partial charge in [0.25, 0.3) is 0 Å². The molecule has 4 heteroatoms. The van der Waals surface area contributed by atoms with Crippen molar-refractivity contribution in [3.05, 3.63) is 33.3 Å². The second-order valence-electron chi connectivity index (χ2n) is 2.76. The predicted octanol–water partition coefficient (Wildman–Crippen LogP) is 2.48. The van der Waals surface area contributed by atoms with Crippen molar-refractivity contribution in [2.75, 3.05) is 6.54 Å². The second kappa shape index (κ2) is 4.96. The van der Waals surface area contributed by atoms with E-state index in [2.05, 4.69) is 15.9 Å². The van der Waals surface area contributed by atoms with Crippen molar-refractivity contribution in [1.29, 1.82) is 0 Å². The fraction of sp³-hybridized carbons (Fsp3) is 0.333. The van der Waals surface area contributed by atoms with Crippen molar-refractivity contribution in [2.24, 2.45) is 5.73 Å². The van der Waals surface area contributed by atoms with Gasteiger partial charge in [0, 0.05) is 9.50 Å². The SMILES string of the molecule is NCCC(O)c1cc(Cl)ccc1Br. The van der Waals surface area contributed by atoms with Gasteiger partial charge in [0.05, 0.1) is 6.10 Å². The first-order chi connectivity index (χ1) is 6.15. The lowest BCUT2D eigenvalue weighted by molar-refractivity contribution is 0.169. The minimum atomic E-state index is -0.543. The maximum absolute atomic E-state index is 9.66. The topological polar surface area (TPSA) is 46.2 Å². The van der Waals surface area contributed by atoms with Crippen LogP contribution >= 0.6 is 27.5 Å². The van der Waals surface area contributed by atoms with E-state index >= 15 is 0 Å². The molecule has 1 unspecified atom stereocenters. The second-order valence-corrected chi connectivity index (χ2v) is 4.05. The number of benzene rings is 1. The van der Waals surface area contributed by atoms with E-state index in [1.54, 1.807) is 12.1 Å². The van der Waals surface area contributed by atoms with Crippen LogP contribution in [0.15, 0.2) is 22.7 Å². The molecule has 3 N–H and O–H groups in total. The van der Waals surface area contributed by atoms with Gasteiger partial charge in [-0.15, -0.1) is 0 Å². The molecule has 0 bridgehead atoms. The van der Waals surface area contributed by atoms with E-state index in [1.807, 2.05) is 6.07 Å². The number of aliphatic hydroxyl groups excluding tert-OH is 1. The van der Waals surface area contributed by atoms with Crippen LogP contribution in [0.2, 0.25) is 5.02 Å². The summed E-state index contributed by atoms with van der Waals surface area (Å²) in [6, 6.07) is 5.33. The van der Waals surface area contributed by atoms with Crippen LogP contribution in [0.3, 0.4) is 0 Å². The van der Waals surface area contributed by atoms with E-state index in [4.69, 9.17) is 17.3 Å². The normalized spacial score (nSPS) is 12.9. The van der Waals surface area contributed by atoms with Crippen LogP contribution in [0, 0.1) is 0 Å². The molecular weight excluding hydrogens is 253 g/mol. The first kappa shape index (κ1) is 11.0. The van der Waals surface area contributed by atoms with Crippen molar-refractivity contribution in [3.8, 4) is 0 Å². The van der Waals surface area contributed by atoms with Gasteiger partial charge >= 0.3 is 0 Å². The number of hydrogen-bond donors (Lipinski definition) is 2. The molecule has 0 aliphatic carbocycles. The minimum absolute atomic E-state index is 0.458. The standard InChI is InChI=1S/C9H11BrClNO/c10-8-2-1-6(11)5-7(8)9(13)3-4-12/h1-2,5,9,13H,3-4,12H2. The predicted molar refractivity (Wildman–Crippen MR) is 57.8 cm³/mol. The number of aliphatic hydroxyl groups is 1. The van der Waals surface area contributed by atoms with Crippen LogP contribution in [0.25, 0.3) is 0 Å². The first-order valence-electron chi connectivity index (χ1n) is 3.98. The quantitative estimate of drug-likeness (QED) is 0.881. The molecule has 0 heterocycles. The minimum Gasteiger partial charge on any atom is -0.388 e. The molecule has 0 saturated carbocycles. The summed E-state index contributed by atoms with van der Waals surface area (Å²) in [4.78, 5) is 0. The Hall–Kier alpha value is -0.0900. The summed E-state index contributed by atoms with van der Waals surface area (Å²) in [5.74, 6) is 0. The Kier molecular flexibility index (Phi) is 4.19. The molecule has 0 amide bonds. The van der Waals surface area contributed by atoms with Gasteiger partial charge in [-0.3, -0.25) is 0 Å². The van der Waals surface area contributed by atoms with Crippen LogP contribution in [0.1, 0.15) is 18.1 Å². The Bertz CT molecular complexity index is 293. The Labute approximate surface area is 90.8 Å². The number of hydrogen-bond acceptors (Lipinski definition) is 2. The highest BCUT2D eigenvalue weighted by molar-refractivity contribution is 9.10. The highest BCUT2D eigenvalue weighted by atomic mass is 79.9. The molecule has 1 rings (SSSR count). The molecule has 0 fully saturated rings. The molecule has 72 valence electrons. The zero-order chi connectivity index (χ0) is 9.84. The van der Waals surface area contributed by atoms with E-state index < -0.39 is 6.10 Å². The monoisotopic (exact) mass is 263 g/mol. The molecule has 0 aliphatic rings. The fourth-order valence-electron chi connectivity index (χ4n) is 1.08. The van der Waals surface area contributed by atoms with Gasteiger partial charge in [0.2, 0.25) is 0 Å². The van der Waals surface area contributed by atoms with E-state index in [1.165, 1.54) is 0 Å². The van der Waals surface area contributed by atoms with Crippen LogP contribution in [-0.2, 0) is 0 Å². The van der Waals surface area contributed by atoms with Gasteiger partial charge in [-0.1, -0.05) is 27.5 Å². The van der Waals surface area contributed by atoms with E-state index in [0.29, 0.717) is 18.0 Å². The summed E-state index contributed by atoms with van der Waals surface area (Å²) in [6.45, 7) is 0.458. The third-order valence-corrected chi connectivity index (χ3v) is 2.71. The molecule has 2 nitrogen and oxygen atoms in total. The molecule has 0 aliphatic heterocycles. The maximum Gasteiger partial charge on any atom is 0.0813 e. The van der Waals surface area contributed by atoms with Crippen LogP contribution in [-0.4, -0.2) is 11.7 Å². The molecule has 0 saturated heterocycles. The fourth-order valence-corrected chi connectivity index (χ4v) is 1.77. The lowest BCUT2D eigenvalue weighted by Gasteiger charge is -2.11. The average Bonchev–Trinajstić information content (AvgIpc) is 2.09. The smallest absolute Gasteiger partial charge is 0.0813 e. The zero-order valence-electron chi connectivity index (χ0n) is 7.00. The van der Waals surface area contributed by atoms with Gasteiger partial charge in [-0.05, 0) is 36.7 Å². The maximum atomic E-state index is 9.66. The first-order valence-corrected chi connectivity index (χ1v) is 5.15. The van der Waals surface area contributed by atoms with E-state index in [-0.39, 0.29) is 0 Å². The Morgan fingerprint density at radius 2 is 2.23 bits per heavy atom. The van der Waals surface area contributed by atoms with Crippen molar-refractivity contribution in [2.45, 2.75) is 12.5 Å². The lowest BCUT2D eigenvalue weighted by Crippen LogP contribution is -2.07. The molecule has 13 heavy (non-hydrogen) atoms. The molecule has 0 aromatic heterocycles. The molecule has 0 radical (unpaired) electrons. The van der Waals surface area contributed by atoms with Gasteiger partial charge < -0.3 is 10.8 Å². The van der Waals surface area contributed by atoms with Gasteiger partial charge in [0.15, 0.2) is 0 Å². The van der Waals surface area contributed by atoms with Crippen LogP contribution < -0.4 is 5.73 Å². The number of nitrogens with two attached hydrogens (primary N) is 1. The highest BCUT2D eigenvalue weighted by Gasteiger charge is 2.10. The summed E-state index contributed by atoms with van der Waals surface area (Å²) >= 11 is 9.14. The summed E-state index contributed by atoms with van der Waals surface area (Å²) in [5.41, 5.74) is 6.14. The highest BCUT2D eigenvalue weighted by Crippen LogP contribution is 2.27. The Balaban J connectivity index is 2.91. The third kappa shape index (κ3) is 2.95. The van der Waals surface area contributed by atoms with Crippen molar-refractivity contribution in [3.63, 3.8) is 0 Å². The molecular formula is C9H11BrClNO. The summed E-state index contributed by atoms with van der Waals surface area (Å²) in [7, 11) is 0. The number of halogens is 2. The third-order valence-electron chi connectivity index (χ3n) is 1.76. The summed E-state index contributed by atoms with van der Waals surface area (Å²) in [6.07, 6.45) is -0.00283. The van der Waals surface area contributed by atoms with Crippen LogP contribution in [0.4, 0.5) is 0 Å². The molecule has 0 spiro atoms. The lowest BCUT2D eigenvalue weighted by atomic mass is 10.1. The van der Waals surface area contributed by atoms with Gasteiger partial charge in [0.1, 0.15) is 0 Å².